The van der Waals surface area contributed by atoms with E-state index in [0.717, 1.165) is 27.9 Å². The molecular formula is C13H16N2OS. The molecule has 1 aromatic carbocycles. The highest BCUT2D eigenvalue weighted by Gasteiger charge is 2.10. The van der Waals surface area contributed by atoms with Crippen LogP contribution in [0.3, 0.4) is 0 Å². The zero-order valence-electron chi connectivity index (χ0n) is 10.3. The van der Waals surface area contributed by atoms with E-state index in [0.29, 0.717) is 5.92 Å². The lowest BCUT2D eigenvalue weighted by molar-refractivity contribution is 0.272. The molecule has 0 radical (unpaired) electrons. The summed E-state index contributed by atoms with van der Waals surface area (Å²) in [6, 6.07) is 7.98. The molecule has 4 heteroatoms. The molecule has 2 rings (SSSR count). The summed E-state index contributed by atoms with van der Waals surface area (Å²) >= 11 is 1.59. The molecule has 3 nitrogen and oxygen atoms in total. The largest absolute Gasteiger partial charge is 0.493 e. The van der Waals surface area contributed by atoms with E-state index in [2.05, 4.69) is 24.0 Å². The van der Waals surface area contributed by atoms with Crippen LogP contribution in [0.5, 0.6) is 5.75 Å². The van der Waals surface area contributed by atoms with Crippen LogP contribution in [0.15, 0.2) is 24.3 Å². The summed E-state index contributed by atoms with van der Waals surface area (Å²) in [7, 11) is 0. The normalized spacial score (nSPS) is 10.8. The molecule has 0 unspecified atom stereocenters. The van der Waals surface area contributed by atoms with Crippen molar-refractivity contribution in [2.24, 2.45) is 5.92 Å². The molecule has 1 heterocycles. The van der Waals surface area contributed by atoms with Gasteiger partial charge in [-0.15, -0.1) is 10.2 Å². The molecule has 90 valence electrons. The molecule has 0 aliphatic carbocycles. The van der Waals surface area contributed by atoms with Crippen molar-refractivity contribution in [3.8, 4) is 16.3 Å². The molecule has 17 heavy (non-hydrogen) atoms. The number of benzene rings is 1. The molecule has 0 saturated carbocycles. The zero-order valence-corrected chi connectivity index (χ0v) is 11.1. The highest BCUT2D eigenvalue weighted by Crippen LogP contribution is 2.31. The van der Waals surface area contributed by atoms with Crippen LogP contribution in [0.4, 0.5) is 0 Å². The van der Waals surface area contributed by atoms with Crippen molar-refractivity contribution in [2.75, 3.05) is 6.61 Å². The Morgan fingerprint density at radius 2 is 2.00 bits per heavy atom. The SMILES string of the molecule is Cc1nnc(-c2ccccc2OCC(C)C)s1. The number of aryl methyl sites for hydroxylation is 1. The van der Waals surface area contributed by atoms with Crippen molar-refractivity contribution in [3.63, 3.8) is 0 Å². The minimum absolute atomic E-state index is 0.513. The van der Waals surface area contributed by atoms with Crippen LogP contribution < -0.4 is 4.74 Å². The molecule has 0 saturated heterocycles. The van der Waals surface area contributed by atoms with E-state index in [1.165, 1.54) is 0 Å². The summed E-state index contributed by atoms with van der Waals surface area (Å²) in [6.45, 7) is 6.95. The second-order valence-corrected chi connectivity index (χ2v) is 5.51. The third-order valence-corrected chi connectivity index (χ3v) is 3.09. The first kappa shape index (κ1) is 12.0. The summed E-state index contributed by atoms with van der Waals surface area (Å²) in [5.41, 5.74) is 1.03. The Labute approximate surface area is 105 Å². The lowest BCUT2D eigenvalue weighted by atomic mass is 10.2. The second kappa shape index (κ2) is 5.27. The van der Waals surface area contributed by atoms with Gasteiger partial charge >= 0.3 is 0 Å². The number of hydrogen-bond acceptors (Lipinski definition) is 4. The third kappa shape index (κ3) is 3.03. The van der Waals surface area contributed by atoms with Crippen molar-refractivity contribution in [3.05, 3.63) is 29.3 Å². The Bertz CT molecular complexity index is 494. The molecule has 0 amide bonds. The van der Waals surface area contributed by atoms with Crippen molar-refractivity contribution >= 4 is 11.3 Å². The third-order valence-electron chi connectivity index (χ3n) is 2.22. The first-order valence-corrected chi connectivity index (χ1v) is 6.51. The van der Waals surface area contributed by atoms with Gasteiger partial charge in [0.1, 0.15) is 10.8 Å². The lowest BCUT2D eigenvalue weighted by Gasteiger charge is -2.11. The van der Waals surface area contributed by atoms with Gasteiger partial charge in [-0.3, -0.25) is 0 Å². The van der Waals surface area contributed by atoms with Crippen LogP contribution in [-0.2, 0) is 0 Å². The Kier molecular flexibility index (Phi) is 3.74. The Morgan fingerprint density at radius 1 is 1.24 bits per heavy atom. The van der Waals surface area contributed by atoms with Gasteiger partial charge in [0.2, 0.25) is 0 Å². The highest BCUT2D eigenvalue weighted by molar-refractivity contribution is 7.14. The van der Waals surface area contributed by atoms with Gasteiger partial charge in [0.15, 0.2) is 5.01 Å². The molecule has 0 aliphatic rings. The summed E-state index contributed by atoms with van der Waals surface area (Å²) in [6.07, 6.45) is 0. The van der Waals surface area contributed by atoms with Gasteiger partial charge < -0.3 is 4.74 Å². The Morgan fingerprint density at radius 3 is 2.65 bits per heavy atom. The summed E-state index contributed by atoms with van der Waals surface area (Å²) in [4.78, 5) is 0. The minimum Gasteiger partial charge on any atom is -0.493 e. The average molecular weight is 248 g/mol. The van der Waals surface area contributed by atoms with Gasteiger partial charge in [0.05, 0.1) is 12.2 Å². The molecule has 0 N–H and O–H groups in total. The van der Waals surface area contributed by atoms with Crippen LogP contribution in [0.2, 0.25) is 0 Å². The van der Waals surface area contributed by atoms with Crippen LogP contribution in [0, 0.1) is 12.8 Å². The molecule has 0 aliphatic heterocycles. The van der Waals surface area contributed by atoms with Crippen molar-refractivity contribution in [2.45, 2.75) is 20.8 Å². The van der Waals surface area contributed by atoms with Crippen molar-refractivity contribution < 1.29 is 4.74 Å². The zero-order chi connectivity index (χ0) is 12.3. The van der Waals surface area contributed by atoms with Gasteiger partial charge in [-0.05, 0) is 25.0 Å². The molecule has 0 fully saturated rings. The lowest BCUT2D eigenvalue weighted by Crippen LogP contribution is -2.05. The van der Waals surface area contributed by atoms with Gasteiger partial charge in [-0.25, -0.2) is 0 Å². The number of nitrogens with zero attached hydrogens (tertiary/aromatic N) is 2. The van der Waals surface area contributed by atoms with E-state index in [1.54, 1.807) is 11.3 Å². The quantitative estimate of drug-likeness (QED) is 0.830. The molecule has 0 spiro atoms. The number of rotatable bonds is 4. The average Bonchev–Trinajstić information content (AvgIpc) is 2.73. The van der Waals surface area contributed by atoms with E-state index < -0.39 is 0 Å². The predicted octanol–water partition coefficient (Wildman–Crippen LogP) is 3.55. The first-order chi connectivity index (χ1) is 8.16. The fourth-order valence-electron chi connectivity index (χ4n) is 1.43. The maximum Gasteiger partial charge on any atom is 0.151 e. The van der Waals surface area contributed by atoms with Gasteiger partial charge in [0.25, 0.3) is 0 Å². The van der Waals surface area contributed by atoms with E-state index in [1.807, 2.05) is 31.2 Å². The van der Waals surface area contributed by atoms with E-state index in [4.69, 9.17) is 4.74 Å². The molecule has 0 atom stereocenters. The summed E-state index contributed by atoms with van der Waals surface area (Å²) in [5.74, 6) is 1.40. The van der Waals surface area contributed by atoms with Gasteiger partial charge in [0, 0.05) is 0 Å². The summed E-state index contributed by atoms with van der Waals surface area (Å²) in [5, 5.41) is 10.1. The van der Waals surface area contributed by atoms with Gasteiger partial charge in [-0.1, -0.05) is 37.3 Å². The fourth-order valence-corrected chi connectivity index (χ4v) is 2.15. The van der Waals surface area contributed by atoms with Crippen LogP contribution in [0.25, 0.3) is 10.6 Å². The van der Waals surface area contributed by atoms with Crippen molar-refractivity contribution in [1.82, 2.24) is 10.2 Å². The highest BCUT2D eigenvalue weighted by atomic mass is 32.1. The molecule has 0 bridgehead atoms. The maximum absolute atomic E-state index is 5.80. The minimum atomic E-state index is 0.513. The Hall–Kier alpha value is -1.42. The molecular weight excluding hydrogens is 232 g/mol. The Balaban J connectivity index is 2.27. The van der Waals surface area contributed by atoms with Gasteiger partial charge in [-0.2, -0.15) is 0 Å². The van der Waals surface area contributed by atoms with E-state index in [9.17, 15) is 0 Å². The molecule has 1 aromatic heterocycles. The van der Waals surface area contributed by atoms with E-state index >= 15 is 0 Å². The summed E-state index contributed by atoms with van der Waals surface area (Å²) < 4.78 is 5.80. The number of hydrogen-bond donors (Lipinski definition) is 0. The first-order valence-electron chi connectivity index (χ1n) is 5.69. The van der Waals surface area contributed by atoms with Crippen molar-refractivity contribution in [1.29, 1.82) is 0 Å². The van der Waals surface area contributed by atoms with Crippen LogP contribution in [-0.4, -0.2) is 16.8 Å². The van der Waals surface area contributed by atoms with E-state index in [-0.39, 0.29) is 0 Å². The van der Waals surface area contributed by atoms with Crippen LogP contribution >= 0.6 is 11.3 Å². The molecule has 2 aromatic rings. The predicted molar refractivity (Wildman–Crippen MR) is 70.4 cm³/mol. The van der Waals surface area contributed by atoms with Crippen LogP contribution in [0.1, 0.15) is 18.9 Å². The smallest absolute Gasteiger partial charge is 0.151 e. The standard InChI is InChI=1S/C13H16N2OS/c1-9(2)8-16-12-7-5-4-6-11(12)13-15-14-10(3)17-13/h4-7,9H,8H2,1-3H3. The monoisotopic (exact) mass is 248 g/mol. The number of ether oxygens (including phenoxy) is 1. The second-order valence-electron chi connectivity index (χ2n) is 4.33. The topological polar surface area (TPSA) is 35.0 Å². The number of para-hydroxylation sites is 1. The maximum atomic E-state index is 5.80. The fraction of sp³-hybridized carbons (Fsp3) is 0.385. The number of aromatic nitrogens is 2.